The van der Waals surface area contributed by atoms with Gasteiger partial charge in [-0.05, 0) is 30.4 Å². The van der Waals surface area contributed by atoms with Gasteiger partial charge in [-0.1, -0.05) is 32.9 Å². The first-order valence-corrected chi connectivity index (χ1v) is 8.26. The summed E-state index contributed by atoms with van der Waals surface area (Å²) < 4.78 is 2.02. The molecular formula is C18H25N3O2. The van der Waals surface area contributed by atoms with Gasteiger partial charge in [-0.15, -0.1) is 0 Å². The van der Waals surface area contributed by atoms with Gasteiger partial charge in [0.25, 0.3) is 0 Å². The molecule has 0 saturated heterocycles. The maximum atomic E-state index is 12.3. The van der Waals surface area contributed by atoms with Crippen LogP contribution in [0.1, 0.15) is 45.4 Å². The van der Waals surface area contributed by atoms with Crippen LogP contribution in [0, 0.1) is 5.41 Å². The van der Waals surface area contributed by atoms with Crippen molar-refractivity contribution < 1.29 is 9.90 Å². The van der Waals surface area contributed by atoms with Gasteiger partial charge in [0.2, 0.25) is 5.91 Å². The quantitative estimate of drug-likeness (QED) is 0.890. The van der Waals surface area contributed by atoms with Crippen LogP contribution >= 0.6 is 0 Å². The molecule has 1 heterocycles. The smallest absolute Gasteiger partial charge is 0.240 e. The van der Waals surface area contributed by atoms with Crippen molar-refractivity contribution in [3.05, 3.63) is 30.1 Å². The van der Waals surface area contributed by atoms with Gasteiger partial charge < -0.3 is 15.0 Å². The Hall–Kier alpha value is -1.88. The molecule has 0 bridgehead atoms. The molecule has 124 valence electrons. The van der Waals surface area contributed by atoms with Crippen LogP contribution in [-0.2, 0) is 11.3 Å². The van der Waals surface area contributed by atoms with E-state index in [1.54, 1.807) is 0 Å². The summed E-state index contributed by atoms with van der Waals surface area (Å²) in [6, 6.07) is 7.93. The van der Waals surface area contributed by atoms with Crippen molar-refractivity contribution in [2.75, 3.05) is 6.54 Å². The number of amides is 1. The molecule has 3 rings (SSSR count). The molecule has 1 aliphatic carbocycles. The number of fused-ring (bicyclic) bond motifs is 1. The van der Waals surface area contributed by atoms with Crippen LogP contribution in [0.2, 0.25) is 0 Å². The minimum Gasteiger partial charge on any atom is -0.391 e. The molecule has 2 N–H and O–H groups in total. The number of rotatable bonds is 5. The lowest BCUT2D eigenvalue weighted by Gasteiger charge is -2.26. The van der Waals surface area contributed by atoms with Gasteiger partial charge in [0.1, 0.15) is 12.4 Å². The fraction of sp³-hybridized carbons (Fsp3) is 0.556. The Morgan fingerprint density at radius 3 is 2.74 bits per heavy atom. The van der Waals surface area contributed by atoms with Crippen LogP contribution in [0.5, 0.6) is 0 Å². The molecule has 5 heteroatoms. The highest BCUT2D eigenvalue weighted by Gasteiger charge is 2.30. The molecule has 0 radical (unpaired) electrons. The number of aliphatic hydroxyl groups is 1. The predicted molar refractivity (Wildman–Crippen MR) is 90.2 cm³/mol. The Bertz CT molecular complexity index is 711. The van der Waals surface area contributed by atoms with Gasteiger partial charge in [-0.2, -0.15) is 0 Å². The van der Waals surface area contributed by atoms with Gasteiger partial charge in [-0.25, -0.2) is 4.98 Å². The number of benzene rings is 1. The highest BCUT2D eigenvalue weighted by molar-refractivity contribution is 5.81. The number of nitrogens with zero attached hydrogens (tertiary/aromatic N) is 2. The minimum absolute atomic E-state index is 0.0849. The number of carbonyl (C=O) groups is 1. The largest absolute Gasteiger partial charge is 0.391 e. The molecule has 23 heavy (non-hydrogen) atoms. The molecule has 1 aromatic heterocycles. The van der Waals surface area contributed by atoms with E-state index in [4.69, 9.17) is 4.98 Å². The number of imidazole rings is 1. The summed E-state index contributed by atoms with van der Waals surface area (Å²) in [7, 11) is 0. The molecule has 1 saturated carbocycles. The monoisotopic (exact) mass is 315 g/mol. The lowest BCUT2D eigenvalue weighted by Crippen LogP contribution is -2.40. The average Bonchev–Trinajstić information content (AvgIpc) is 3.27. The van der Waals surface area contributed by atoms with Crippen LogP contribution in [0.3, 0.4) is 0 Å². The lowest BCUT2D eigenvalue weighted by atomic mass is 9.89. The molecule has 1 aromatic carbocycles. The first-order valence-electron chi connectivity index (χ1n) is 8.26. The summed E-state index contributed by atoms with van der Waals surface area (Å²) in [5, 5.41) is 12.9. The Morgan fingerprint density at radius 1 is 1.39 bits per heavy atom. The average molecular weight is 315 g/mol. The Labute approximate surface area is 136 Å². The van der Waals surface area contributed by atoms with Crippen LogP contribution in [-0.4, -0.2) is 33.2 Å². The molecule has 5 nitrogen and oxygen atoms in total. The fourth-order valence-electron chi connectivity index (χ4n) is 2.63. The van der Waals surface area contributed by atoms with E-state index in [9.17, 15) is 9.90 Å². The van der Waals surface area contributed by atoms with Crippen molar-refractivity contribution >= 4 is 16.9 Å². The van der Waals surface area contributed by atoms with E-state index in [0.717, 1.165) is 29.7 Å². The molecule has 1 aliphatic rings. The number of hydrogen-bond donors (Lipinski definition) is 2. The van der Waals surface area contributed by atoms with Gasteiger partial charge in [0.05, 0.1) is 17.1 Å². The molecule has 1 amide bonds. The minimum atomic E-state index is -0.561. The van der Waals surface area contributed by atoms with Crippen LogP contribution in [0.25, 0.3) is 11.0 Å². The predicted octanol–water partition coefficient (Wildman–Crippen LogP) is 2.44. The molecule has 0 aliphatic heterocycles. The number of aromatic nitrogens is 2. The zero-order valence-electron chi connectivity index (χ0n) is 14.0. The number of aliphatic hydroxyl groups excluding tert-OH is 1. The van der Waals surface area contributed by atoms with Crippen molar-refractivity contribution in [1.29, 1.82) is 0 Å². The summed E-state index contributed by atoms with van der Waals surface area (Å²) >= 11 is 0. The van der Waals surface area contributed by atoms with Gasteiger partial charge >= 0.3 is 0 Å². The van der Waals surface area contributed by atoms with Gasteiger partial charge in [0, 0.05) is 12.5 Å². The van der Waals surface area contributed by atoms with Crippen LogP contribution < -0.4 is 5.32 Å². The van der Waals surface area contributed by atoms with Crippen molar-refractivity contribution in [3.8, 4) is 0 Å². The fourth-order valence-corrected chi connectivity index (χ4v) is 2.63. The molecular weight excluding hydrogens is 290 g/mol. The second kappa shape index (κ2) is 5.96. The third kappa shape index (κ3) is 3.55. The third-order valence-corrected chi connectivity index (χ3v) is 4.42. The van der Waals surface area contributed by atoms with Crippen molar-refractivity contribution in [3.63, 3.8) is 0 Å². The topological polar surface area (TPSA) is 67.2 Å². The maximum Gasteiger partial charge on any atom is 0.240 e. The Balaban J connectivity index is 1.73. The van der Waals surface area contributed by atoms with E-state index in [1.165, 1.54) is 0 Å². The molecule has 2 aromatic rings. The zero-order valence-corrected chi connectivity index (χ0v) is 14.0. The SMILES string of the molecule is CC(C)(C)C(O)CNC(=O)Cn1c(C2CC2)nc2ccccc21. The van der Waals surface area contributed by atoms with Crippen molar-refractivity contribution in [2.45, 2.75) is 52.2 Å². The lowest BCUT2D eigenvalue weighted by molar-refractivity contribution is -0.122. The zero-order chi connectivity index (χ0) is 16.6. The van der Waals surface area contributed by atoms with Gasteiger partial charge in [0.15, 0.2) is 0 Å². The number of nitrogens with one attached hydrogen (secondary N) is 1. The van der Waals surface area contributed by atoms with E-state index in [1.807, 2.05) is 49.6 Å². The van der Waals surface area contributed by atoms with E-state index < -0.39 is 6.10 Å². The summed E-state index contributed by atoms with van der Waals surface area (Å²) in [5.74, 6) is 1.41. The van der Waals surface area contributed by atoms with Crippen molar-refractivity contribution in [1.82, 2.24) is 14.9 Å². The molecule has 1 atom stereocenters. The second-order valence-electron chi connectivity index (χ2n) is 7.51. The Morgan fingerprint density at radius 2 is 2.09 bits per heavy atom. The summed E-state index contributed by atoms with van der Waals surface area (Å²) in [6.07, 6.45) is 1.73. The van der Waals surface area contributed by atoms with Gasteiger partial charge in [-0.3, -0.25) is 4.79 Å². The van der Waals surface area contributed by atoms with E-state index >= 15 is 0 Å². The standard InChI is InChI=1S/C18H25N3O2/c1-18(2,3)15(22)10-19-16(23)11-21-14-7-5-4-6-13(14)20-17(21)12-8-9-12/h4-7,12,15,22H,8-11H2,1-3H3,(H,19,23). The summed E-state index contributed by atoms with van der Waals surface area (Å²) in [5.41, 5.74) is 1.70. The molecule has 0 spiro atoms. The number of hydrogen-bond acceptors (Lipinski definition) is 3. The number of carbonyl (C=O) groups excluding carboxylic acids is 1. The van der Waals surface area contributed by atoms with Crippen LogP contribution in [0.4, 0.5) is 0 Å². The summed E-state index contributed by atoms with van der Waals surface area (Å²) in [4.78, 5) is 17.0. The first-order chi connectivity index (χ1) is 10.9. The highest BCUT2D eigenvalue weighted by Crippen LogP contribution is 2.40. The Kier molecular flexibility index (Phi) is 4.15. The van der Waals surface area contributed by atoms with E-state index in [0.29, 0.717) is 5.92 Å². The highest BCUT2D eigenvalue weighted by atomic mass is 16.3. The second-order valence-corrected chi connectivity index (χ2v) is 7.51. The molecule has 1 unspecified atom stereocenters. The van der Waals surface area contributed by atoms with Crippen molar-refractivity contribution in [2.24, 2.45) is 5.41 Å². The third-order valence-electron chi connectivity index (χ3n) is 4.42. The molecule has 1 fully saturated rings. The normalized spacial score (nSPS) is 16.5. The number of para-hydroxylation sites is 2. The van der Waals surface area contributed by atoms with E-state index in [-0.39, 0.29) is 24.4 Å². The first kappa shape index (κ1) is 16.0. The van der Waals surface area contributed by atoms with E-state index in [2.05, 4.69) is 5.32 Å². The summed E-state index contributed by atoms with van der Waals surface area (Å²) in [6.45, 7) is 6.39. The van der Waals surface area contributed by atoms with Crippen LogP contribution in [0.15, 0.2) is 24.3 Å². The maximum absolute atomic E-state index is 12.3.